The summed E-state index contributed by atoms with van der Waals surface area (Å²) < 4.78 is 2.83. The summed E-state index contributed by atoms with van der Waals surface area (Å²) in [5, 5.41) is 16.0. The van der Waals surface area contributed by atoms with Crippen LogP contribution in [0.4, 0.5) is 0 Å². The molecule has 0 unspecified atom stereocenters. The molecule has 0 fully saturated rings. The first kappa shape index (κ1) is 34.9. The van der Waals surface area contributed by atoms with Gasteiger partial charge in [0, 0.05) is 58.2 Å². The van der Waals surface area contributed by atoms with Crippen molar-refractivity contribution in [2.24, 2.45) is 0 Å². The molecule has 1 aliphatic carbocycles. The first-order valence-electron chi connectivity index (χ1n) is 16.2. The van der Waals surface area contributed by atoms with Crippen LogP contribution < -0.4 is 0 Å². The van der Waals surface area contributed by atoms with E-state index >= 15 is 0 Å². The van der Waals surface area contributed by atoms with Crippen LogP contribution in [0.3, 0.4) is 0 Å². The summed E-state index contributed by atoms with van der Waals surface area (Å²) in [6, 6.07) is 26.4. The van der Waals surface area contributed by atoms with E-state index in [1.807, 2.05) is 17.5 Å². The number of pyridine rings is 1. The zero-order valence-corrected chi connectivity index (χ0v) is 32.1. The topological polar surface area (TPSA) is 50.2 Å². The zero-order valence-electron chi connectivity index (χ0n) is 28.9. The molecule has 4 aromatic carbocycles. The number of carbonyl (C=O) groups excluding carboxylic acids is 1. The molecule has 5 heteroatoms. The Morgan fingerprint density at radius 1 is 0.894 bits per heavy atom. The Hall–Kier alpha value is -3.37. The van der Waals surface area contributed by atoms with Crippen LogP contribution in [0.25, 0.3) is 53.0 Å². The molecule has 2 aromatic heterocycles. The summed E-state index contributed by atoms with van der Waals surface area (Å²) in [6.07, 6.45) is 5.59. The predicted octanol–water partition coefficient (Wildman–Crippen LogP) is 11.9. The number of hydrogen-bond donors (Lipinski definition) is 1. The SMILES string of the molecule is CC(=O)/C=C(/C)O.CC(C)(C)c1cc(-c2nccc3cc4sc5c6c(ccc5c4cc23)C(C)(C)CCC6(C)C)[c-]c2ccccc12.[Ir]. The third kappa shape index (κ3) is 6.55. The van der Waals surface area contributed by atoms with Crippen molar-refractivity contribution in [2.75, 3.05) is 0 Å². The molecule has 3 nitrogen and oxygen atoms in total. The number of thiophene rings is 1. The van der Waals surface area contributed by atoms with Crippen LogP contribution in [0.15, 0.2) is 78.7 Å². The Balaban J connectivity index is 0.000000491. The quantitative estimate of drug-likeness (QED) is 0.108. The van der Waals surface area contributed by atoms with Gasteiger partial charge in [-0.3, -0.25) is 9.78 Å². The summed E-state index contributed by atoms with van der Waals surface area (Å²) in [6.45, 7) is 19.4. The molecule has 0 saturated heterocycles. The van der Waals surface area contributed by atoms with Crippen LogP contribution >= 0.6 is 11.3 Å². The number of aliphatic hydroxyl groups excluding tert-OH is 1. The number of fused-ring (bicyclic) bond motifs is 7. The summed E-state index contributed by atoms with van der Waals surface area (Å²) in [4.78, 5) is 15.0. The van der Waals surface area contributed by atoms with Crippen LogP contribution in [-0.4, -0.2) is 15.9 Å². The van der Waals surface area contributed by atoms with Gasteiger partial charge in [-0.15, -0.1) is 40.5 Å². The van der Waals surface area contributed by atoms with Crippen molar-refractivity contribution in [3.05, 3.63) is 101 Å². The minimum absolute atomic E-state index is 0. The number of carbonyl (C=O) groups is 1. The maximum absolute atomic E-state index is 10.0. The fourth-order valence-corrected chi connectivity index (χ4v) is 8.57. The van der Waals surface area contributed by atoms with Gasteiger partial charge in [0.15, 0.2) is 5.78 Å². The van der Waals surface area contributed by atoms with Crippen LogP contribution in [0.5, 0.6) is 0 Å². The van der Waals surface area contributed by atoms with Crippen molar-refractivity contribution in [3.8, 4) is 11.3 Å². The van der Waals surface area contributed by atoms with Crippen LogP contribution in [0.1, 0.15) is 91.8 Å². The maximum Gasteiger partial charge on any atom is 0.155 e. The van der Waals surface area contributed by atoms with E-state index in [9.17, 15) is 4.79 Å². The molecular formula is C42H44IrNO2S-. The van der Waals surface area contributed by atoms with E-state index in [-0.39, 0.29) is 47.9 Å². The summed E-state index contributed by atoms with van der Waals surface area (Å²) in [7, 11) is 0. The Morgan fingerprint density at radius 2 is 1.60 bits per heavy atom. The average molecular weight is 819 g/mol. The molecule has 245 valence electrons. The average Bonchev–Trinajstić information content (AvgIpc) is 3.33. The van der Waals surface area contributed by atoms with Gasteiger partial charge in [-0.05, 0) is 77.0 Å². The van der Waals surface area contributed by atoms with Gasteiger partial charge in [-0.1, -0.05) is 95.8 Å². The normalized spacial score (nSPS) is 15.6. The molecule has 2 heterocycles. The molecule has 0 spiro atoms. The number of benzene rings is 4. The Morgan fingerprint density at radius 3 is 2.26 bits per heavy atom. The largest absolute Gasteiger partial charge is 0.512 e. The van der Waals surface area contributed by atoms with E-state index < -0.39 is 0 Å². The standard InChI is InChI=1S/C37H36NS.C5H8O2.Ir/c1-35(2,3)30-19-24(18-22-10-8-9-11-25(22)30)33-27-21-28-26-12-13-29-32(37(6,7)16-15-36(29,4)5)34(26)39-31(28)20-23(27)14-17-38-33;1-4(6)3-5(2)7;/h8-14,17,19-21H,15-16H2,1-7H3;3,6H,1-2H3;/q-1;;/b;4-3-;. The van der Waals surface area contributed by atoms with Crippen molar-refractivity contribution >= 4 is 58.8 Å². The predicted molar refractivity (Wildman–Crippen MR) is 197 cm³/mol. The number of allylic oxidation sites excluding steroid dienone is 2. The second kappa shape index (κ2) is 12.6. The van der Waals surface area contributed by atoms with Gasteiger partial charge >= 0.3 is 0 Å². The van der Waals surface area contributed by atoms with Crippen molar-refractivity contribution in [3.63, 3.8) is 0 Å². The van der Waals surface area contributed by atoms with Crippen LogP contribution in [-0.2, 0) is 41.1 Å². The summed E-state index contributed by atoms with van der Waals surface area (Å²) in [5.41, 5.74) is 6.94. The monoisotopic (exact) mass is 819 g/mol. The third-order valence-electron chi connectivity index (χ3n) is 9.56. The zero-order chi connectivity index (χ0) is 33.2. The van der Waals surface area contributed by atoms with Gasteiger partial charge in [0.05, 0.1) is 5.76 Å². The molecule has 1 aliphatic rings. The first-order valence-corrected chi connectivity index (χ1v) is 17.0. The number of rotatable bonds is 2. The Bertz CT molecular complexity index is 2190. The van der Waals surface area contributed by atoms with E-state index in [0.29, 0.717) is 0 Å². The molecule has 0 amide bonds. The van der Waals surface area contributed by atoms with Gasteiger partial charge in [0.2, 0.25) is 0 Å². The molecule has 6 aromatic rings. The van der Waals surface area contributed by atoms with Gasteiger partial charge in [-0.2, -0.15) is 0 Å². The molecule has 0 bridgehead atoms. The van der Waals surface area contributed by atoms with Gasteiger partial charge in [-0.25, -0.2) is 0 Å². The van der Waals surface area contributed by atoms with Crippen molar-refractivity contribution in [2.45, 2.75) is 91.4 Å². The molecular weight excluding hydrogens is 775 g/mol. The second-order valence-electron chi connectivity index (χ2n) is 15.3. The van der Waals surface area contributed by atoms with E-state index in [1.54, 1.807) is 5.56 Å². The van der Waals surface area contributed by atoms with Gasteiger partial charge in [0.1, 0.15) is 0 Å². The van der Waals surface area contributed by atoms with E-state index in [0.717, 1.165) is 16.6 Å². The number of aromatic nitrogens is 1. The smallest absolute Gasteiger partial charge is 0.155 e. The summed E-state index contributed by atoms with van der Waals surface area (Å²) >= 11 is 1.98. The van der Waals surface area contributed by atoms with Gasteiger partial charge in [0.25, 0.3) is 0 Å². The maximum atomic E-state index is 10.0. The molecule has 47 heavy (non-hydrogen) atoms. The molecule has 0 saturated carbocycles. The minimum atomic E-state index is -0.125. The number of aliphatic hydroxyl groups is 1. The number of hydrogen-bond acceptors (Lipinski definition) is 4. The van der Waals surface area contributed by atoms with E-state index in [2.05, 4.69) is 115 Å². The Labute approximate surface area is 296 Å². The number of ketones is 1. The van der Waals surface area contributed by atoms with Gasteiger partial charge < -0.3 is 5.11 Å². The minimum Gasteiger partial charge on any atom is -0.512 e. The van der Waals surface area contributed by atoms with Crippen molar-refractivity contribution in [1.82, 2.24) is 4.98 Å². The van der Waals surface area contributed by atoms with Crippen LogP contribution in [0, 0.1) is 6.07 Å². The molecule has 0 aliphatic heterocycles. The van der Waals surface area contributed by atoms with Crippen LogP contribution in [0.2, 0.25) is 0 Å². The van der Waals surface area contributed by atoms with Crippen molar-refractivity contribution < 1.29 is 30.0 Å². The first-order chi connectivity index (χ1) is 21.6. The van der Waals surface area contributed by atoms with Crippen molar-refractivity contribution in [1.29, 1.82) is 0 Å². The third-order valence-corrected chi connectivity index (χ3v) is 10.7. The molecule has 7 rings (SSSR count). The van der Waals surface area contributed by atoms with E-state index in [4.69, 9.17) is 10.1 Å². The molecule has 1 radical (unpaired) electrons. The fourth-order valence-electron chi connectivity index (χ4n) is 7.11. The van der Waals surface area contributed by atoms with E-state index in [1.165, 1.54) is 80.2 Å². The fraction of sp³-hybridized carbons (Fsp3) is 0.333. The Kier molecular flexibility index (Phi) is 9.36. The number of nitrogens with zero attached hydrogens (tertiary/aromatic N) is 1. The summed E-state index contributed by atoms with van der Waals surface area (Å²) in [5.74, 6) is -0.0625. The molecule has 0 atom stereocenters. The molecule has 1 N–H and O–H groups in total. The second-order valence-corrected chi connectivity index (χ2v) is 16.3.